The molecule has 4 aromatic rings. The number of hydrogen-bond acceptors (Lipinski definition) is 3. The average Bonchev–Trinajstić information content (AvgIpc) is 3.10. The number of ketones is 1. The second kappa shape index (κ2) is 10.3. The van der Waals surface area contributed by atoms with Gasteiger partial charge in [0.25, 0.3) is 0 Å². The van der Waals surface area contributed by atoms with Crippen LogP contribution in [0, 0.1) is 16.9 Å². The first-order valence-electron chi connectivity index (χ1n) is 11.8. The molecule has 1 N–H and O–H groups in total. The topological polar surface area (TPSA) is 54.6 Å². The fourth-order valence-corrected chi connectivity index (χ4v) is 3.58. The molecule has 5 heteroatoms. The van der Waals surface area contributed by atoms with Crippen molar-refractivity contribution < 1.29 is 31.0 Å². The average molecular weight is 653 g/mol. The fraction of sp³-hybridized carbons (Fsp3) is 0.400. The van der Waals surface area contributed by atoms with Crippen molar-refractivity contribution in [2.45, 2.75) is 67.7 Å². The van der Waals surface area contributed by atoms with Crippen LogP contribution < -0.4 is 0 Å². The van der Waals surface area contributed by atoms with Gasteiger partial charge in [-0.15, -0.1) is 5.39 Å². The molecule has 2 aromatic heterocycles. The fourth-order valence-electron chi connectivity index (χ4n) is 3.58. The van der Waals surface area contributed by atoms with E-state index >= 15 is 0 Å². The number of fused-ring (bicyclic) bond motifs is 5. The molecule has 0 fully saturated rings. The Morgan fingerprint density at radius 1 is 0.914 bits per heavy atom. The van der Waals surface area contributed by atoms with Gasteiger partial charge < -0.3 is 5.11 Å². The van der Waals surface area contributed by atoms with E-state index in [1.54, 1.807) is 0 Å². The van der Waals surface area contributed by atoms with E-state index in [1.807, 2.05) is 64.3 Å². The van der Waals surface area contributed by atoms with E-state index in [-0.39, 0.29) is 43.4 Å². The number of carbonyl (C=O) groups excluding carboxylic acids is 1. The summed E-state index contributed by atoms with van der Waals surface area (Å²) >= 11 is 0. The number of aliphatic hydroxyl groups excluding tert-OH is 1. The number of nitrogens with zero attached hydrogens (tertiary/aromatic N) is 2. The summed E-state index contributed by atoms with van der Waals surface area (Å²) in [7, 11) is 0. The molecule has 0 amide bonds. The summed E-state index contributed by atoms with van der Waals surface area (Å²) in [6.07, 6.45) is 1.33. The SMILES string of the molecule is CC(C)(C)C(=O)C=C(O)C(C)(C)C.CC(C)(C)c1cc2c3ccccc3nn2c2[c-]cccc12.[Pt]. The zero-order chi connectivity index (χ0) is 25.5. The maximum absolute atomic E-state index is 11.5. The van der Waals surface area contributed by atoms with E-state index in [0.29, 0.717) is 0 Å². The molecule has 0 aliphatic carbocycles. The van der Waals surface area contributed by atoms with Crippen LogP contribution in [0.15, 0.2) is 60.4 Å². The van der Waals surface area contributed by atoms with E-state index < -0.39 is 5.41 Å². The van der Waals surface area contributed by atoms with Crippen molar-refractivity contribution in [3.05, 3.63) is 72.0 Å². The number of para-hydroxylation sites is 1. The third-order valence-corrected chi connectivity index (χ3v) is 5.82. The van der Waals surface area contributed by atoms with Crippen molar-refractivity contribution >= 4 is 33.1 Å². The van der Waals surface area contributed by atoms with Gasteiger partial charge in [0.1, 0.15) is 5.76 Å². The maximum Gasteiger partial charge on any atom is 0.164 e. The van der Waals surface area contributed by atoms with Crippen molar-refractivity contribution in [3.8, 4) is 0 Å². The molecule has 0 spiro atoms. The molecule has 4 nitrogen and oxygen atoms in total. The minimum atomic E-state index is -0.417. The molecule has 0 saturated carbocycles. The smallest absolute Gasteiger partial charge is 0.164 e. The van der Waals surface area contributed by atoms with Crippen LogP contribution in [0.4, 0.5) is 0 Å². The largest absolute Gasteiger partial charge is 0.512 e. The van der Waals surface area contributed by atoms with Crippen LogP contribution in [0.1, 0.15) is 67.9 Å². The molecule has 4 rings (SSSR count). The molecule has 0 aliphatic rings. The van der Waals surface area contributed by atoms with E-state index in [9.17, 15) is 9.90 Å². The number of carbonyl (C=O) groups is 1. The second-order valence-electron chi connectivity index (χ2n) is 11.9. The van der Waals surface area contributed by atoms with Gasteiger partial charge in [0.15, 0.2) is 5.78 Å². The van der Waals surface area contributed by atoms with Crippen LogP contribution in [0.3, 0.4) is 0 Å². The molecule has 190 valence electrons. The van der Waals surface area contributed by atoms with Gasteiger partial charge in [-0.05, 0) is 23.1 Å². The Balaban J connectivity index is 0.000000271. The summed E-state index contributed by atoms with van der Waals surface area (Å²) in [5.41, 5.74) is 3.90. The molecule has 2 aromatic carbocycles. The number of benzene rings is 2. The standard InChI is InChI=1S/C19H17N2.C11H20O2.Pt/c1-19(2,3)15-12-18-14-9-4-6-10-16(14)20-21(18)17-11-7-5-8-13(15)17;1-10(2,3)8(12)7-9(13)11(4,5)6;/h4-10,12H,1-3H3;7,12H,1-6H3;/q-1;;. The van der Waals surface area contributed by atoms with Crippen molar-refractivity contribution in [3.63, 3.8) is 0 Å². The Bertz CT molecular complexity index is 1380. The van der Waals surface area contributed by atoms with E-state index in [4.69, 9.17) is 5.10 Å². The zero-order valence-electron chi connectivity index (χ0n) is 22.3. The third kappa shape index (κ3) is 6.41. The summed E-state index contributed by atoms with van der Waals surface area (Å²) in [4.78, 5) is 11.5. The quantitative estimate of drug-likeness (QED) is 0.130. The van der Waals surface area contributed by atoms with Crippen molar-refractivity contribution in [1.29, 1.82) is 0 Å². The molecule has 35 heavy (non-hydrogen) atoms. The van der Waals surface area contributed by atoms with Crippen LogP contribution in [0.5, 0.6) is 0 Å². The minimum Gasteiger partial charge on any atom is -0.512 e. The summed E-state index contributed by atoms with van der Waals surface area (Å²) in [5, 5.41) is 16.7. The van der Waals surface area contributed by atoms with Gasteiger partial charge in [-0.1, -0.05) is 86.1 Å². The number of hydrogen-bond donors (Lipinski definition) is 1. The zero-order valence-corrected chi connectivity index (χ0v) is 24.5. The van der Waals surface area contributed by atoms with Crippen molar-refractivity contribution in [2.75, 3.05) is 0 Å². The number of aliphatic hydroxyl groups is 1. The van der Waals surface area contributed by atoms with E-state index in [2.05, 4.69) is 57.2 Å². The second-order valence-corrected chi connectivity index (χ2v) is 11.9. The normalized spacial score (nSPS) is 12.9. The summed E-state index contributed by atoms with van der Waals surface area (Å²) in [6.45, 7) is 17.9. The molecule has 0 bridgehead atoms. The van der Waals surface area contributed by atoms with Crippen molar-refractivity contribution in [2.24, 2.45) is 10.8 Å². The number of aromatic nitrogens is 2. The number of rotatable bonds is 1. The Morgan fingerprint density at radius 2 is 1.51 bits per heavy atom. The first-order chi connectivity index (χ1) is 15.6. The van der Waals surface area contributed by atoms with Gasteiger partial charge in [0, 0.05) is 43.4 Å². The molecule has 0 unspecified atom stereocenters. The van der Waals surface area contributed by atoms with Gasteiger partial charge in [0.05, 0.1) is 11.0 Å². The Labute approximate surface area is 223 Å². The maximum atomic E-state index is 11.5. The van der Waals surface area contributed by atoms with Gasteiger partial charge in [-0.25, -0.2) is 0 Å². The molecular formula is C30H37N2O2Pt-. The molecule has 0 radical (unpaired) electrons. The number of pyridine rings is 1. The van der Waals surface area contributed by atoms with Gasteiger partial charge in [-0.3, -0.25) is 9.31 Å². The minimum absolute atomic E-state index is 0. The first-order valence-corrected chi connectivity index (χ1v) is 11.8. The van der Waals surface area contributed by atoms with Crippen LogP contribution in [0.2, 0.25) is 0 Å². The van der Waals surface area contributed by atoms with E-state index in [1.165, 1.54) is 22.4 Å². The third-order valence-electron chi connectivity index (χ3n) is 5.82. The Hall–Kier alpha value is -2.45. The predicted octanol–water partition coefficient (Wildman–Crippen LogP) is 7.83. The van der Waals surface area contributed by atoms with Crippen LogP contribution >= 0.6 is 0 Å². The van der Waals surface area contributed by atoms with Crippen LogP contribution in [-0.2, 0) is 31.3 Å². The molecule has 0 aliphatic heterocycles. The molecular weight excluding hydrogens is 615 g/mol. The van der Waals surface area contributed by atoms with Crippen molar-refractivity contribution in [1.82, 2.24) is 9.61 Å². The predicted molar refractivity (Wildman–Crippen MR) is 142 cm³/mol. The first kappa shape index (κ1) is 28.8. The monoisotopic (exact) mass is 652 g/mol. The Kier molecular flexibility index (Phi) is 8.44. The number of allylic oxidation sites excluding steroid dienone is 2. The van der Waals surface area contributed by atoms with Gasteiger partial charge in [0.2, 0.25) is 0 Å². The van der Waals surface area contributed by atoms with Crippen LogP contribution in [-0.4, -0.2) is 20.5 Å². The van der Waals surface area contributed by atoms with Gasteiger partial charge in [-0.2, -0.15) is 29.4 Å². The molecule has 2 heterocycles. The summed E-state index contributed by atoms with van der Waals surface area (Å²) < 4.78 is 2.02. The molecule has 0 saturated heterocycles. The Morgan fingerprint density at radius 3 is 2.09 bits per heavy atom. The summed E-state index contributed by atoms with van der Waals surface area (Å²) in [5.74, 6) is 0.104. The van der Waals surface area contributed by atoms with Crippen LogP contribution in [0.25, 0.3) is 27.3 Å². The van der Waals surface area contributed by atoms with Gasteiger partial charge >= 0.3 is 0 Å². The summed E-state index contributed by atoms with van der Waals surface area (Å²) in [6, 6.07) is 20.1. The van der Waals surface area contributed by atoms with E-state index in [0.717, 1.165) is 16.6 Å². The molecule has 0 atom stereocenters.